The summed E-state index contributed by atoms with van der Waals surface area (Å²) in [6.07, 6.45) is 1.26. The van der Waals surface area contributed by atoms with E-state index in [0.29, 0.717) is 11.0 Å². The van der Waals surface area contributed by atoms with Crippen molar-refractivity contribution >= 4 is 11.7 Å². The van der Waals surface area contributed by atoms with Crippen LogP contribution >= 0.6 is 0 Å². The molecule has 2 aliphatic heterocycles. The number of carbonyl (C=O) groups excluding carboxylic acids is 1. The summed E-state index contributed by atoms with van der Waals surface area (Å²) in [5.41, 5.74) is 1.86. The van der Waals surface area contributed by atoms with Gasteiger partial charge in [0.25, 0.3) is 0 Å². The van der Waals surface area contributed by atoms with Crippen molar-refractivity contribution in [3.05, 3.63) is 29.8 Å². The van der Waals surface area contributed by atoms with E-state index < -0.39 is 5.60 Å². The van der Waals surface area contributed by atoms with E-state index in [1.54, 1.807) is 0 Å². The molecule has 2 heterocycles. The first kappa shape index (κ1) is 14.4. The number of rotatable bonds is 2. The quantitative estimate of drug-likeness (QED) is 0.849. The molecule has 0 amide bonds. The van der Waals surface area contributed by atoms with Crippen molar-refractivity contribution in [2.45, 2.75) is 32.8 Å². The lowest BCUT2D eigenvalue weighted by Gasteiger charge is -2.39. The number of carbonyl (C=O) groups is 1. The van der Waals surface area contributed by atoms with Crippen molar-refractivity contribution in [3.63, 3.8) is 0 Å². The van der Waals surface area contributed by atoms with Crippen molar-refractivity contribution in [2.75, 3.05) is 31.1 Å². The molecule has 1 aromatic rings. The van der Waals surface area contributed by atoms with Gasteiger partial charge in [-0.15, -0.1) is 0 Å². The lowest BCUT2D eigenvalue weighted by atomic mass is 9.81. The van der Waals surface area contributed by atoms with Crippen LogP contribution in [0.15, 0.2) is 24.3 Å². The molecule has 2 fully saturated rings. The molecule has 1 spiro atoms. The highest BCUT2D eigenvalue weighted by Gasteiger charge is 2.42. The zero-order valence-corrected chi connectivity index (χ0v) is 13.1. The van der Waals surface area contributed by atoms with Crippen molar-refractivity contribution in [1.82, 2.24) is 5.32 Å². The van der Waals surface area contributed by atoms with Crippen molar-refractivity contribution in [1.29, 1.82) is 0 Å². The predicted molar refractivity (Wildman–Crippen MR) is 83.7 cm³/mol. The maximum Gasteiger partial charge on any atom is 0.338 e. The van der Waals surface area contributed by atoms with E-state index in [-0.39, 0.29) is 5.97 Å². The SMILES string of the molecule is CC(C)(C)OC(=O)c1ccc(N2CCC3(CNC3)C2)cc1. The average Bonchev–Trinajstić information content (AvgIpc) is 2.82. The van der Waals surface area contributed by atoms with E-state index in [9.17, 15) is 4.79 Å². The first-order chi connectivity index (χ1) is 9.87. The molecule has 0 aliphatic carbocycles. The second-order valence-corrected chi connectivity index (χ2v) is 7.32. The van der Waals surface area contributed by atoms with Gasteiger partial charge in [-0.25, -0.2) is 4.79 Å². The molecule has 114 valence electrons. The number of nitrogens with one attached hydrogen (secondary N) is 1. The van der Waals surface area contributed by atoms with Crippen LogP contribution in [0.1, 0.15) is 37.6 Å². The van der Waals surface area contributed by atoms with Crippen LogP contribution in [-0.2, 0) is 4.74 Å². The second-order valence-electron chi connectivity index (χ2n) is 7.32. The summed E-state index contributed by atoms with van der Waals surface area (Å²) < 4.78 is 5.39. The van der Waals surface area contributed by atoms with Gasteiger partial charge in [0.2, 0.25) is 0 Å². The first-order valence-electron chi connectivity index (χ1n) is 7.66. The van der Waals surface area contributed by atoms with Crippen LogP contribution in [0, 0.1) is 5.41 Å². The Labute approximate surface area is 126 Å². The van der Waals surface area contributed by atoms with Crippen molar-refractivity contribution < 1.29 is 9.53 Å². The Bertz CT molecular complexity index is 527. The molecule has 0 bridgehead atoms. The highest BCUT2D eigenvalue weighted by Crippen LogP contribution is 2.36. The molecule has 2 aliphatic rings. The molecular weight excluding hydrogens is 264 g/mol. The molecular formula is C17H24N2O2. The fraction of sp³-hybridized carbons (Fsp3) is 0.588. The van der Waals surface area contributed by atoms with Gasteiger partial charge in [-0.1, -0.05) is 0 Å². The highest BCUT2D eigenvalue weighted by atomic mass is 16.6. The summed E-state index contributed by atoms with van der Waals surface area (Å²) in [6, 6.07) is 7.80. The van der Waals surface area contributed by atoms with Gasteiger partial charge in [0, 0.05) is 37.3 Å². The van der Waals surface area contributed by atoms with Crippen LogP contribution in [0.2, 0.25) is 0 Å². The largest absolute Gasteiger partial charge is 0.456 e. The zero-order chi connectivity index (χ0) is 15.1. The summed E-state index contributed by atoms with van der Waals surface area (Å²) in [7, 11) is 0. The number of nitrogens with zero attached hydrogens (tertiary/aromatic N) is 1. The summed E-state index contributed by atoms with van der Waals surface area (Å²) in [4.78, 5) is 14.4. The van der Waals surface area contributed by atoms with Gasteiger partial charge in [-0.2, -0.15) is 0 Å². The average molecular weight is 288 g/mol. The summed E-state index contributed by atoms with van der Waals surface area (Å²) in [5, 5.41) is 3.37. The Kier molecular flexibility index (Phi) is 3.44. The smallest absolute Gasteiger partial charge is 0.338 e. The fourth-order valence-corrected chi connectivity index (χ4v) is 3.07. The van der Waals surface area contributed by atoms with Crippen molar-refractivity contribution in [2.24, 2.45) is 5.41 Å². The zero-order valence-electron chi connectivity index (χ0n) is 13.1. The summed E-state index contributed by atoms with van der Waals surface area (Å²) in [5.74, 6) is -0.255. The Morgan fingerprint density at radius 3 is 2.38 bits per heavy atom. The molecule has 0 saturated carbocycles. The number of ether oxygens (including phenoxy) is 1. The maximum atomic E-state index is 12.0. The third-order valence-corrected chi connectivity index (χ3v) is 4.31. The molecule has 0 atom stereocenters. The van der Waals surface area contributed by atoms with Gasteiger partial charge >= 0.3 is 5.97 Å². The van der Waals surface area contributed by atoms with Crippen LogP contribution in [0.25, 0.3) is 0 Å². The van der Waals surface area contributed by atoms with Crippen molar-refractivity contribution in [3.8, 4) is 0 Å². The second kappa shape index (κ2) is 5.02. The molecule has 0 unspecified atom stereocenters. The molecule has 2 saturated heterocycles. The van der Waals surface area contributed by atoms with Gasteiger partial charge in [0.15, 0.2) is 0 Å². The lowest BCUT2D eigenvalue weighted by molar-refractivity contribution is 0.00696. The van der Waals surface area contributed by atoms with Crippen LogP contribution in [0.3, 0.4) is 0 Å². The monoisotopic (exact) mass is 288 g/mol. The third kappa shape index (κ3) is 3.05. The Morgan fingerprint density at radius 1 is 1.24 bits per heavy atom. The van der Waals surface area contributed by atoms with E-state index >= 15 is 0 Å². The minimum absolute atomic E-state index is 0.255. The Hall–Kier alpha value is -1.55. The summed E-state index contributed by atoms with van der Waals surface area (Å²) >= 11 is 0. The van der Waals surface area contributed by atoms with Gasteiger partial charge in [0.05, 0.1) is 5.56 Å². The third-order valence-electron chi connectivity index (χ3n) is 4.31. The number of esters is 1. The first-order valence-corrected chi connectivity index (χ1v) is 7.66. The van der Waals surface area contributed by atoms with Crippen LogP contribution in [-0.4, -0.2) is 37.7 Å². The topological polar surface area (TPSA) is 41.6 Å². The van der Waals surface area contributed by atoms with Crippen LogP contribution in [0.5, 0.6) is 0 Å². The van der Waals surface area contributed by atoms with Crippen LogP contribution < -0.4 is 10.2 Å². The van der Waals surface area contributed by atoms with Gasteiger partial charge in [-0.3, -0.25) is 0 Å². The minimum Gasteiger partial charge on any atom is -0.456 e. The number of benzene rings is 1. The minimum atomic E-state index is -0.450. The Morgan fingerprint density at radius 2 is 1.90 bits per heavy atom. The van der Waals surface area contributed by atoms with Gasteiger partial charge in [-0.05, 0) is 51.5 Å². The molecule has 0 radical (unpaired) electrons. The van der Waals surface area contributed by atoms with E-state index in [2.05, 4.69) is 10.2 Å². The molecule has 1 aromatic carbocycles. The lowest BCUT2D eigenvalue weighted by Crippen LogP contribution is -2.54. The predicted octanol–water partition coefficient (Wildman–Crippen LogP) is 2.44. The van der Waals surface area contributed by atoms with Crippen LogP contribution in [0.4, 0.5) is 5.69 Å². The van der Waals surface area contributed by atoms with E-state index in [0.717, 1.165) is 26.2 Å². The number of hydrogen-bond acceptors (Lipinski definition) is 4. The highest BCUT2D eigenvalue weighted by molar-refractivity contribution is 5.90. The van der Waals surface area contributed by atoms with Gasteiger partial charge < -0.3 is 15.0 Å². The van der Waals surface area contributed by atoms with E-state index in [4.69, 9.17) is 4.74 Å². The molecule has 0 aromatic heterocycles. The molecule has 4 heteroatoms. The molecule has 4 nitrogen and oxygen atoms in total. The number of hydrogen-bond donors (Lipinski definition) is 1. The maximum absolute atomic E-state index is 12.0. The molecule has 21 heavy (non-hydrogen) atoms. The normalized spacial score (nSPS) is 20.4. The molecule has 3 rings (SSSR count). The summed E-state index contributed by atoms with van der Waals surface area (Å²) in [6.45, 7) is 10.2. The number of anilines is 1. The fourth-order valence-electron chi connectivity index (χ4n) is 3.07. The van der Waals surface area contributed by atoms with E-state index in [1.165, 1.54) is 12.1 Å². The molecule has 1 N–H and O–H groups in total. The Balaban J connectivity index is 1.66. The van der Waals surface area contributed by atoms with E-state index in [1.807, 2.05) is 45.0 Å². The standard InChI is InChI=1S/C17H24N2O2/c1-16(2,3)21-15(20)13-4-6-14(7-5-13)19-9-8-17(12-19)10-18-11-17/h4-7,18H,8-12H2,1-3H3. The van der Waals surface area contributed by atoms with Gasteiger partial charge in [0.1, 0.15) is 5.60 Å².